The third-order valence-electron chi connectivity index (χ3n) is 12.8. The summed E-state index contributed by atoms with van der Waals surface area (Å²) in [6, 6.07) is 0. The molecule has 0 spiro atoms. The fraction of sp³-hybridized carbons (Fsp3) is 0.889. The Hall–Kier alpha value is -1.09. The van der Waals surface area contributed by atoms with Crippen LogP contribution in [-0.2, 0) is 38.0 Å². The molecule has 0 amide bonds. The van der Waals surface area contributed by atoms with Crippen LogP contribution in [0.2, 0.25) is 0 Å². The van der Waals surface area contributed by atoms with Gasteiger partial charge in [-0.3, -0.25) is 9.59 Å². The number of esters is 2. The van der Waals surface area contributed by atoms with E-state index in [1.54, 1.807) is 28.4 Å². The fourth-order valence-electron chi connectivity index (χ4n) is 8.30. The highest BCUT2D eigenvalue weighted by Crippen LogP contribution is 2.21. The predicted molar refractivity (Wildman–Crippen MR) is 283 cm³/mol. The molecular weight excluding hydrogens is 932 g/mol. The first kappa shape index (κ1) is 66.0. The minimum Gasteiger partial charge on any atom is -0.452 e. The van der Waals surface area contributed by atoms with Crippen LogP contribution in [0.1, 0.15) is 194 Å². The zero-order valence-electron chi connectivity index (χ0n) is 43.9. The molecule has 0 N–H and O–H groups in total. The van der Waals surface area contributed by atoms with Crippen molar-refractivity contribution in [3.63, 3.8) is 0 Å². The van der Waals surface area contributed by atoms with E-state index in [2.05, 4.69) is 52.2 Å². The highest BCUT2D eigenvalue weighted by atomic mass is 127. The van der Waals surface area contributed by atoms with Crippen LogP contribution in [-0.4, -0.2) is 141 Å². The smallest absolute Gasteiger partial charge is 0.306 e. The SMILES string of the molecule is CCCCCCCCC=CCCCCCCCC(=O)OC(C[N+](C)(CCOC)CCOC)C(C[N+](C)(CCOC)CCOC)OC(=O)CCCCCCCC=CCCCCCCCC.I. The molecule has 0 aromatic heterocycles. The van der Waals surface area contributed by atoms with E-state index in [-0.39, 0.29) is 35.9 Å². The molecule has 0 bridgehead atoms. The Morgan fingerprint density at radius 3 is 0.908 bits per heavy atom. The molecular formula is C54H107IN2O8+2. The molecule has 0 aromatic rings. The summed E-state index contributed by atoms with van der Waals surface area (Å²) in [6.07, 6.45) is 40.1. The second-order valence-electron chi connectivity index (χ2n) is 19.2. The first-order valence-electron chi connectivity index (χ1n) is 26.4. The van der Waals surface area contributed by atoms with E-state index < -0.39 is 12.2 Å². The lowest BCUT2D eigenvalue weighted by Crippen LogP contribution is -2.60. The van der Waals surface area contributed by atoms with Gasteiger partial charge in [-0.05, 0) is 64.2 Å². The molecule has 0 saturated heterocycles. The minimum atomic E-state index is -0.644. The number of quaternary nitrogens is 2. The van der Waals surface area contributed by atoms with Crippen LogP contribution < -0.4 is 0 Å². The summed E-state index contributed by atoms with van der Waals surface area (Å²) in [5.74, 6) is -0.456. The summed E-state index contributed by atoms with van der Waals surface area (Å²) in [5.41, 5.74) is 0. The molecule has 2 atom stereocenters. The maximum atomic E-state index is 13.8. The Bertz CT molecular complexity index is 1010. The number of unbranched alkanes of at least 4 members (excludes halogenated alkanes) is 22. The summed E-state index contributed by atoms with van der Waals surface area (Å²) in [5, 5.41) is 0. The Labute approximate surface area is 419 Å². The first-order valence-corrected chi connectivity index (χ1v) is 26.4. The first-order chi connectivity index (χ1) is 31.1. The Balaban J connectivity index is 0. The molecule has 0 heterocycles. The van der Waals surface area contributed by atoms with Crippen LogP contribution >= 0.6 is 24.0 Å². The quantitative estimate of drug-likeness (QED) is 0.0196. The second-order valence-corrected chi connectivity index (χ2v) is 19.2. The zero-order valence-corrected chi connectivity index (χ0v) is 46.2. The van der Waals surface area contributed by atoms with Gasteiger partial charge in [0.15, 0.2) is 12.2 Å². The number of rotatable bonds is 49. The van der Waals surface area contributed by atoms with E-state index in [0.717, 1.165) is 51.4 Å². The van der Waals surface area contributed by atoms with Gasteiger partial charge in [0, 0.05) is 41.3 Å². The van der Waals surface area contributed by atoms with Gasteiger partial charge in [-0.15, -0.1) is 24.0 Å². The van der Waals surface area contributed by atoms with Crippen molar-refractivity contribution >= 4 is 35.9 Å². The summed E-state index contributed by atoms with van der Waals surface area (Å²) in [6.45, 7) is 10.5. The molecule has 65 heavy (non-hydrogen) atoms. The van der Waals surface area contributed by atoms with Crippen LogP contribution in [0.15, 0.2) is 24.3 Å². The second kappa shape index (κ2) is 48.0. The summed E-state index contributed by atoms with van der Waals surface area (Å²) in [7, 11) is 11.1. The topological polar surface area (TPSA) is 89.5 Å². The minimum absolute atomic E-state index is 0. The molecule has 2 unspecified atom stereocenters. The molecule has 0 fully saturated rings. The molecule has 0 aliphatic heterocycles. The number of halogens is 1. The standard InChI is InChI=1S/C54H106N2O8.HI/c1-9-11-13-15-17-19-21-23-25-27-29-31-33-35-37-39-53(57)63-51(49-55(3,41-45-59-5)42-46-60-6)52(50-56(4,43-47-61-7)44-48-62-8)64-54(58)40-38-36-34-32-30-28-26-24-22-20-18-16-14-12-10-2;/h23-26,51-52H,9-22,27-50H2,1-8H3;1H/q+2;. The molecule has 0 aliphatic carbocycles. The van der Waals surface area contributed by atoms with Gasteiger partial charge in [-0.1, -0.05) is 141 Å². The van der Waals surface area contributed by atoms with Gasteiger partial charge in [-0.25, -0.2) is 0 Å². The number of ether oxygens (including phenoxy) is 6. The lowest BCUT2D eigenvalue weighted by atomic mass is 10.1. The third-order valence-corrected chi connectivity index (χ3v) is 12.8. The maximum absolute atomic E-state index is 13.8. The van der Waals surface area contributed by atoms with Crippen LogP contribution in [0, 0.1) is 0 Å². The predicted octanol–water partition coefficient (Wildman–Crippen LogP) is 13.0. The Kier molecular flexibility index (Phi) is 48.7. The van der Waals surface area contributed by atoms with Gasteiger partial charge in [-0.2, -0.15) is 0 Å². The van der Waals surface area contributed by atoms with Crippen LogP contribution in [0.4, 0.5) is 0 Å². The van der Waals surface area contributed by atoms with Crippen molar-refractivity contribution in [3.05, 3.63) is 24.3 Å². The number of carbonyl (C=O) groups is 2. The van der Waals surface area contributed by atoms with E-state index in [1.165, 1.54) is 116 Å². The van der Waals surface area contributed by atoms with Gasteiger partial charge < -0.3 is 37.4 Å². The number of hydrogen-bond acceptors (Lipinski definition) is 8. The zero-order chi connectivity index (χ0) is 47.3. The Morgan fingerprint density at radius 1 is 0.400 bits per heavy atom. The average molecular weight is 1040 g/mol. The summed E-state index contributed by atoms with van der Waals surface area (Å²) >= 11 is 0. The lowest BCUT2D eigenvalue weighted by molar-refractivity contribution is -0.920. The van der Waals surface area contributed by atoms with Crippen molar-refractivity contribution in [2.24, 2.45) is 0 Å². The number of allylic oxidation sites excluding steroid dienone is 4. The molecule has 11 heteroatoms. The molecule has 386 valence electrons. The monoisotopic (exact) mass is 1040 g/mol. The lowest BCUT2D eigenvalue weighted by Gasteiger charge is -2.41. The van der Waals surface area contributed by atoms with E-state index in [1.807, 2.05) is 0 Å². The van der Waals surface area contributed by atoms with Crippen LogP contribution in [0.25, 0.3) is 0 Å². The van der Waals surface area contributed by atoms with Gasteiger partial charge in [0.1, 0.15) is 39.3 Å². The largest absolute Gasteiger partial charge is 0.452 e. The van der Waals surface area contributed by atoms with Crippen LogP contribution in [0.3, 0.4) is 0 Å². The van der Waals surface area contributed by atoms with E-state index in [4.69, 9.17) is 28.4 Å². The highest BCUT2D eigenvalue weighted by Gasteiger charge is 2.41. The molecule has 0 aliphatic rings. The van der Waals surface area contributed by atoms with Gasteiger partial charge in [0.05, 0.1) is 40.5 Å². The van der Waals surface area contributed by atoms with E-state index in [9.17, 15) is 9.59 Å². The Morgan fingerprint density at radius 2 is 0.646 bits per heavy atom. The van der Waals surface area contributed by atoms with Crippen molar-refractivity contribution in [1.82, 2.24) is 0 Å². The maximum Gasteiger partial charge on any atom is 0.306 e. The van der Waals surface area contributed by atoms with Gasteiger partial charge in [0.25, 0.3) is 0 Å². The van der Waals surface area contributed by atoms with Crippen molar-refractivity contribution in [2.45, 2.75) is 206 Å². The summed E-state index contributed by atoms with van der Waals surface area (Å²) < 4.78 is 36.2. The molecule has 0 radical (unpaired) electrons. The van der Waals surface area contributed by atoms with Crippen molar-refractivity contribution < 1.29 is 47.0 Å². The molecule has 0 rings (SSSR count). The van der Waals surface area contributed by atoms with Crippen molar-refractivity contribution in [2.75, 3.05) is 108 Å². The van der Waals surface area contributed by atoms with Gasteiger partial charge in [0.2, 0.25) is 0 Å². The number of nitrogens with zero attached hydrogens (tertiary/aromatic N) is 2. The molecule has 0 saturated carbocycles. The van der Waals surface area contributed by atoms with Crippen molar-refractivity contribution in [3.8, 4) is 0 Å². The fourth-order valence-corrected chi connectivity index (χ4v) is 8.30. The van der Waals surface area contributed by atoms with Gasteiger partial charge >= 0.3 is 11.9 Å². The number of likely N-dealkylation sites (N-methyl/N-ethyl adjacent to an activating group) is 2. The summed E-state index contributed by atoms with van der Waals surface area (Å²) in [4.78, 5) is 27.5. The normalized spacial score (nSPS) is 13.1. The molecule has 10 nitrogen and oxygen atoms in total. The number of hydrogen-bond donors (Lipinski definition) is 0. The van der Waals surface area contributed by atoms with E-state index in [0.29, 0.717) is 87.5 Å². The third kappa shape index (κ3) is 41.6. The number of methoxy groups -OCH3 is 4. The van der Waals surface area contributed by atoms with Crippen molar-refractivity contribution in [1.29, 1.82) is 0 Å². The van der Waals surface area contributed by atoms with E-state index >= 15 is 0 Å². The highest BCUT2D eigenvalue weighted by molar-refractivity contribution is 14.0. The average Bonchev–Trinajstić information content (AvgIpc) is 3.28. The molecule has 0 aromatic carbocycles. The number of carbonyl (C=O) groups excluding carboxylic acids is 2. The van der Waals surface area contributed by atoms with Crippen LogP contribution in [0.5, 0.6) is 0 Å².